The van der Waals surface area contributed by atoms with E-state index in [1.54, 1.807) is 0 Å². The zero-order valence-electron chi connectivity index (χ0n) is 15.1. The Morgan fingerprint density at radius 2 is 1.88 bits per heavy atom. The summed E-state index contributed by atoms with van der Waals surface area (Å²) in [4.78, 5) is 29.1. The lowest BCUT2D eigenvalue weighted by Gasteiger charge is -2.50. The van der Waals surface area contributed by atoms with E-state index in [1.807, 2.05) is 36.9 Å². The Balaban J connectivity index is 1.71. The summed E-state index contributed by atoms with van der Waals surface area (Å²) in [6.07, 6.45) is 1.36. The van der Waals surface area contributed by atoms with Crippen LogP contribution in [0.1, 0.15) is 32.3 Å². The zero-order chi connectivity index (χ0) is 17.9. The lowest BCUT2D eigenvalue weighted by molar-refractivity contribution is -0.141. The molecule has 0 atom stereocenters. The molecule has 6 nitrogen and oxygen atoms in total. The van der Waals surface area contributed by atoms with Gasteiger partial charge in [-0.3, -0.25) is 9.69 Å². The van der Waals surface area contributed by atoms with Gasteiger partial charge in [0.2, 0.25) is 5.91 Å². The Hall–Kier alpha value is -2.08. The molecule has 1 spiro atoms. The Bertz CT molecular complexity index is 609. The van der Waals surface area contributed by atoms with Crippen LogP contribution in [0.3, 0.4) is 0 Å². The van der Waals surface area contributed by atoms with Gasteiger partial charge in [-0.25, -0.2) is 4.79 Å². The number of piperazine rings is 1. The largest absolute Gasteiger partial charge is 0.353 e. The molecule has 6 heteroatoms. The van der Waals surface area contributed by atoms with Crippen molar-refractivity contribution in [3.05, 3.63) is 35.9 Å². The van der Waals surface area contributed by atoms with Crippen LogP contribution in [-0.4, -0.2) is 59.5 Å². The van der Waals surface area contributed by atoms with Crippen LogP contribution in [0, 0.1) is 0 Å². The molecule has 0 saturated carbocycles. The number of benzene rings is 1. The first-order valence-electron chi connectivity index (χ1n) is 9.14. The van der Waals surface area contributed by atoms with Crippen molar-refractivity contribution in [1.29, 1.82) is 0 Å². The SMILES string of the molecule is CC(C)NC(=O)N1CCC2(CC1)C(=O)NCCN2Cc1ccccc1. The predicted molar refractivity (Wildman–Crippen MR) is 97.1 cm³/mol. The Morgan fingerprint density at radius 3 is 2.52 bits per heavy atom. The van der Waals surface area contributed by atoms with E-state index in [0.29, 0.717) is 32.5 Å². The molecule has 0 radical (unpaired) electrons. The molecule has 2 fully saturated rings. The Morgan fingerprint density at radius 1 is 1.20 bits per heavy atom. The number of nitrogens with one attached hydrogen (secondary N) is 2. The molecule has 136 valence electrons. The van der Waals surface area contributed by atoms with Gasteiger partial charge in [-0.15, -0.1) is 0 Å². The normalized spacial score (nSPS) is 20.6. The number of hydrogen-bond acceptors (Lipinski definition) is 3. The third-order valence-electron chi connectivity index (χ3n) is 5.20. The number of amides is 3. The number of piperidine rings is 1. The molecule has 2 heterocycles. The van der Waals surface area contributed by atoms with E-state index in [1.165, 1.54) is 5.56 Å². The molecule has 1 aromatic rings. The van der Waals surface area contributed by atoms with Crippen LogP contribution < -0.4 is 10.6 Å². The zero-order valence-corrected chi connectivity index (χ0v) is 15.1. The molecular formula is C19H28N4O2. The molecule has 3 rings (SSSR count). The van der Waals surface area contributed by atoms with Gasteiger partial charge in [-0.1, -0.05) is 30.3 Å². The molecular weight excluding hydrogens is 316 g/mol. The number of hydrogen-bond donors (Lipinski definition) is 2. The van der Waals surface area contributed by atoms with Gasteiger partial charge in [0.15, 0.2) is 0 Å². The van der Waals surface area contributed by atoms with E-state index in [0.717, 1.165) is 13.1 Å². The number of nitrogens with zero attached hydrogens (tertiary/aromatic N) is 2. The fourth-order valence-corrected chi connectivity index (χ4v) is 3.82. The quantitative estimate of drug-likeness (QED) is 0.875. The standard InChI is InChI=1S/C19H28N4O2/c1-15(2)21-18(25)22-11-8-19(9-12-22)17(24)20-10-13-23(19)14-16-6-4-3-5-7-16/h3-7,15H,8-14H2,1-2H3,(H,20,24)(H,21,25). The smallest absolute Gasteiger partial charge is 0.317 e. The number of carbonyl (C=O) groups is 2. The minimum atomic E-state index is -0.497. The van der Waals surface area contributed by atoms with Gasteiger partial charge in [0.25, 0.3) is 0 Å². The summed E-state index contributed by atoms with van der Waals surface area (Å²) < 4.78 is 0. The van der Waals surface area contributed by atoms with Crippen LogP contribution in [0.15, 0.2) is 30.3 Å². The molecule has 25 heavy (non-hydrogen) atoms. The van der Waals surface area contributed by atoms with Crippen LogP contribution in [0.4, 0.5) is 4.79 Å². The van der Waals surface area contributed by atoms with E-state index in [4.69, 9.17) is 0 Å². The molecule has 2 saturated heterocycles. The van der Waals surface area contributed by atoms with Gasteiger partial charge in [-0.2, -0.15) is 0 Å². The predicted octanol–water partition coefficient (Wildman–Crippen LogP) is 1.57. The molecule has 3 amide bonds. The van der Waals surface area contributed by atoms with Crippen molar-refractivity contribution < 1.29 is 9.59 Å². The van der Waals surface area contributed by atoms with Gasteiger partial charge in [0, 0.05) is 38.8 Å². The van der Waals surface area contributed by atoms with Crippen molar-refractivity contribution in [2.45, 2.75) is 44.8 Å². The molecule has 0 bridgehead atoms. The van der Waals surface area contributed by atoms with Crippen molar-refractivity contribution in [2.24, 2.45) is 0 Å². The summed E-state index contributed by atoms with van der Waals surface area (Å²) >= 11 is 0. The van der Waals surface area contributed by atoms with E-state index in [-0.39, 0.29) is 18.0 Å². The lowest BCUT2D eigenvalue weighted by atomic mass is 9.83. The number of likely N-dealkylation sites (tertiary alicyclic amines) is 1. The second-order valence-electron chi connectivity index (χ2n) is 7.29. The maximum Gasteiger partial charge on any atom is 0.317 e. The minimum absolute atomic E-state index is 0.0318. The second-order valence-corrected chi connectivity index (χ2v) is 7.29. The molecule has 0 aliphatic carbocycles. The fourth-order valence-electron chi connectivity index (χ4n) is 3.82. The minimum Gasteiger partial charge on any atom is -0.353 e. The van der Waals surface area contributed by atoms with Crippen LogP contribution in [0.5, 0.6) is 0 Å². The average Bonchev–Trinajstić information content (AvgIpc) is 2.60. The average molecular weight is 344 g/mol. The summed E-state index contributed by atoms with van der Waals surface area (Å²) in [5, 5.41) is 5.97. The highest BCUT2D eigenvalue weighted by atomic mass is 16.2. The highest BCUT2D eigenvalue weighted by Crippen LogP contribution is 2.32. The van der Waals surface area contributed by atoms with Crippen LogP contribution in [0.2, 0.25) is 0 Å². The van der Waals surface area contributed by atoms with Gasteiger partial charge in [-0.05, 0) is 32.3 Å². The summed E-state index contributed by atoms with van der Waals surface area (Å²) in [6.45, 7) is 7.43. The first-order valence-corrected chi connectivity index (χ1v) is 9.14. The van der Waals surface area contributed by atoms with Crippen LogP contribution >= 0.6 is 0 Å². The summed E-state index contributed by atoms with van der Waals surface area (Å²) in [5.41, 5.74) is 0.722. The van der Waals surface area contributed by atoms with E-state index in [9.17, 15) is 9.59 Å². The van der Waals surface area contributed by atoms with Gasteiger partial charge < -0.3 is 15.5 Å². The summed E-state index contributed by atoms with van der Waals surface area (Å²) in [6, 6.07) is 10.4. The van der Waals surface area contributed by atoms with Gasteiger partial charge in [0.05, 0.1) is 0 Å². The van der Waals surface area contributed by atoms with Crippen LogP contribution in [0.25, 0.3) is 0 Å². The molecule has 2 aliphatic rings. The van der Waals surface area contributed by atoms with E-state index >= 15 is 0 Å². The number of urea groups is 1. The number of carbonyl (C=O) groups excluding carboxylic acids is 2. The van der Waals surface area contributed by atoms with Crippen LogP contribution in [-0.2, 0) is 11.3 Å². The molecule has 0 aromatic heterocycles. The maximum atomic E-state index is 12.8. The van der Waals surface area contributed by atoms with Gasteiger partial charge >= 0.3 is 6.03 Å². The molecule has 2 N–H and O–H groups in total. The highest BCUT2D eigenvalue weighted by molar-refractivity contribution is 5.87. The van der Waals surface area contributed by atoms with Gasteiger partial charge in [0.1, 0.15) is 5.54 Å². The highest BCUT2D eigenvalue weighted by Gasteiger charge is 2.48. The third kappa shape index (κ3) is 3.79. The maximum absolute atomic E-state index is 12.8. The Kier molecular flexibility index (Phi) is 5.27. The molecule has 1 aromatic carbocycles. The topological polar surface area (TPSA) is 64.7 Å². The first-order chi connectivity index (χ1) is 12.0. The summed E-state index contributed by atoms with van der Waals surface area (Å²) in [7, 11) is 0. The summed E-state index contributed by atoms with van der Waals surface area (Å²) in [5.74, 6) is 0.110. The second kappa shape index (κ2) is 7.44. The molecule has 2 aliphatic heterocycles. The molecule has 0 unspecified atom stereocenters. The van der Waals surface area contributed by atoms with E-state index < -0.39 is 5.54 Å². The third-order valence-corrected chi connectivity index (χ3v) is 5.20. The lowest BCUT2D eigenvalue weighted by Crippen LogP contribution is -2.68. The van der Waals surface area contributed by atoms with Crippen molar-refractivity contribution in [3.8, 4) is 0 Å². The van der Waals surface area contributed by atoms with Crippen molar-refractivity contribution in [2.75, 3.05) is 26.2 Å². The monoisotopic (exact) mass is 344 g/mol. The van der Waals surface area contributed by atoms with E-state index in [2.05, 4.69) is 27.7 Å². The first kappa shape index (κ1) is 17.7. The Labute approximate surface area is 149 Å². The van der Waals surface area contributed by atoms with Crippen molar-refractivity contribution in [3.63, 3.8) is 0 Å². The van der Waals surface area contributed by atoms with Crippen molar-refractivity contribution >= 4 is 11.9 Å². The van der Waals surface area contributed by atoms with Crippen molar-refractivity contribution in [1.82, 2.24) is 20.4 Å². The fraction of sp³-hybridized carbons (Fsp3) is 0.579. The number of rotatable bonds is 3.